The molecule has 2 unspecified atom stereocenters. The second kappa shape index (κ2) is 13.1. The highest BCUT2D eigenvalue weighted by atomic mass is 28.4. The Bertz CT molecular complexity index is 1170. The fourth-order valence-corrected chi connectivity index (χ4v) is 5.39. The fraction of sp³-hybridized carbons (Fsp3) is 0.500. The molecule has 1 N–H and O–H groups in total. The van der Waals surface area contributed by atoms with E-state index in [1.807, 2.05) is 12.1 Å². The van der Waals surface area contributed by atoms with Crippen molar-refractivity contribution in [1.82, 2.24) is 10.2 Å². The number of amides is 2. The lowest BCUT2D eigenvalue weighted by Gasteiger charge is -2.38. The zero-order chi connectivity index (χ0) is 29.5. The number of rotatable bonds is 10. The number of hydrogen-bond donors (Lipinski definition) is 1. The molecule has 0 radical (unpaired) electrons. The van der Waals surface area contributed by atoms with Gasteiger partial charge in [0.25, 0.3) is 5.69 Å². The number of benzene rings is 2. The van der Waals surface area contributed by atoms with Gasteiger partial charge in [0.1, 0.15) is 19.0 Å². The first kappa shape index (κ1) is 30.9. The maximum atomic E-state index is 13.1. The molecule has 0 bridgehead atoms. The molecule has 2 aromatic carbocycles. The van der Waals surface area contributed by atoms with Gasteiger partial charge in [0, 0.05) is 25.2 Å². The molecule has 1 heterocycles. The zero-order valence-corrected chi connectivity index (χ0v) is 25.0. The van der Waals surface area contributed by atoms with E-state index in [0.29, 0.717) is 24.3 Å². The summed E-state index contributed by atoms with van der Waals surface area (Å²) in [6, 6.07) is 12.7. The van der Waals surface area contributed by atoms with Crippen molar-refractivity contribution in [2.45, 2.75) is 70.7 Å². The Morgan fingerprint density at radius 2 is 1.60 bits per heavy atom. The lowest BCUT2D eigenvalue weighted by atomic mass is 10.2. The number of alkyl carbamates (subject to hydrolysis) is 1. The average Bonchev–Trinajstić information content (AvgIpc) is 3.31. The van der Waals surface area contributed by atoms with Gasteiger partial charge in [0.05, 0.1) is 24.2 Å². The van der Waals surface area contributed by atoms with E-state index < -0.39 is 25.4 Å². The Balaban J connectivity index is 1.60. The number of carbonyl (C=O) groups excluding carboxylic acids is 2. The normalized spacial score (nSPS) is 17.3. The third-order valence-corrected chi connectivity index (χ3v) is 11.9. The van der Waals surface area contributed by atoms with E-state index in [4.69, 9.17) is 18.6 Å². The van der Waals surface area contributed by atoms with Crippen LogP contribution in [0.15, 0.2) is 48.5 Å². The van der Waals surface area contributed by atoms with Gasteiger partial charge >= 0.3 is 12.2 Å². The summed E-state index contributed by atoms with van der Waals surface area (Å²) in [4.78, 5) is 37.5. The van der Waals surface area contributed by atoms with Crippen LogP contribution in [-0.2, 0) is 27.1 Å². The molecule has 0 aliphatic carbocycles. The van der Waals surface area contributed by atoms with Gasteiger partial charge in [0.2, 0.25) is 0 Å². The van der Waals surface area contributed by atoms with Crippen molar-refractivity contribution in [3.05, 3.63) is 69.8 Å². The third kappa shape index (κ3) is 8.43. The molecule has 40 heavy (non-hydrogen) atoms. The number of likely N-dealkylation sites (tertiary alicyclic amines) is 1. The zero-order valence-electron chi connectivity index (χ0n) is 24.0. The SMILES string of the molecule is COc1ccc(COC(=O)N2CC(O[Si](C)(C)C(C)(C)C)CC2CNC(=O)OCc2ccc([N+](=O)[O-])cc2)cc1. The maximum Gasteiger partial charge on any atom is 0.410 e. The first-order valence-corrected chi connectivity index (χ1v) is 16.1. The molecule has 2 amide bonds. The standard InChI is InChI=1S/C28H39N3O8Si/c1-28(2,3)40(5,6)39-25-15-23(16-29-26(32)37-18-20-7-11-22(12-8-20)31(34)35)30(17-25)27(33)38-19-21-9-13-24(36-4)14-10-21/h7-14,23,25H,15-19H2,1-6H3,(H,29,32). The number of nitrogens with one attached hydrogen (secondary N) is 1. The Morgan fingerprint density at radius 1 is 1.02 bits per heavy atom. The molecule has 11 nitrogen and oxygen atoms in total. The second-order valence-electron chi connectivity index (χ2n) is 11.3. The monoisotopic (exact) mass is 573 g/mol. The van der Waals surface area contributed by atoms with Gasteiger partial charge in [-0.05, 0) is 59.9 Å². The minimum absolute atomic E-state index is 0.00468. The van der Waals surface area contributed by atoms with E-state index in [9.17, 15) is 19.7 Å². The Kier molecular flexibility index (Phi) is 10.1. The number of nitrogens with zero attached hydrogens (tertiary/aromatic N) is 2. The molecule has 0 saturated carbocycles. The summed E-state index contributed by atoms with van der Waals surface area (Å²) in [6.45, 7) is 11.4. The van der Waals surface area contributed by atoms with Crippen LogP contribution in [0.3, 0.4) is 0 Å². The number of ether oxygens (including phenoxy) is 3. The molecule has 218 valence electrons. The molecule has 12 heteroatoms. The highest BCUT2D eigenvalue weighted by Crippen LogP contribution is 2.39. The van der Waals surface area contributed by atoms with E-state index >= 15 is 0 Å². The highest BCUT2D eigenvalue weighted by Gasteiger charge is 2.44. The van der Waals surface area contributed by atoms with Crippen molar-refractivity contribution in [2.24, 2.45) is 0 Å². The summed E-state index contributed by atoms with van der Waals surface area (Å²) in [6.07, 6.45) is -0.772. The molecule has 1 fully saturated rings. The minimum atomic E-state index is -2.10. The Morgan fingerprint density at radius 3 is 2.15 bits per heavy atom. The summed E-state index contributed by atoms with van der Waals surface area (Å²) in [5.41, 5.74) is 1.41. The molecule has 1 aliphatic rings. The summed E-state index contributed by atoms with van der Waals surface area (Å²) >= 11 is 0. The van der Waals surface area contributed by atoms with Gasteiger partial charge in [-0.15, -0.1) is 0 Å². The predicted octanol–water partition coefficient (Wildman–Crippen LogP) is 5.63. The first-order valence-electron chi connectivity index (χ1n) is 13.2. The average molecular weight is 574 g/mol. The van der Waals surface area contributed by atoms with Crippen molar-refractivity contribution in [3.8, 4) is 5.75 Å². The molecule has 0 aromatic heterocycles. The lowest BCUT2D eigenvalue weighted by molar-refractivity contribution is -0.384. The van der Waals surface area contributed by atoms with Gasteiger partial charge in [-0.25, -0.2) is 9.59 Å². The van der Waals surface area contributed by atoms with Gasteiger partial charge in [-0.1, -0.05) is 32.9 Å². The molecule has 0 spiro atoms. The van der Waals surface area contributed by atoms with Crippen LogP contribution in [0.4, 0.5) is 15.3 Å². The predicted molar refractivity (Wildman–Crippen MR) is 152 cm³/mol. The molecular formula is C28H39N3O8Si. The number of non-ortho nitro benzene ring substituents is 1. The van der Waals surface area contributed by atoms with E-state index in [0.717, 1.165) is 5.56 Å². The molecule has 2 aromatic rings. The van der Waals surface area contributed by atoms with Crippen molar-refractivity contribution < 1.29 is 33.1 Å². The quantitative estimate of drug-likeness (QED) is 0.220. The molecule has 1 saturated heterocycles. The van der Waals surface area contributed by atoms with Gasteiger partial charge < -0.3 is 28.9 Å². The number of hydrogen-bond acceptors (Lipinski definition) is 8. The van der Waals surface area contributed by atoms with Crippen LogP contribution < -0.4 is 10.1 Å². The number of nitro benzene ring substituents is 1. The van der Waals surface area contributed by atoms with Crippen LogP contribution in [0.25, 0.3) is 0 Å². The van der Waals surface area contributed by atoms with Crippen molar-refractivity contribution >= 4 is 26.2 Å². The Hall–Kier alpha value is -3.64. The van der Waals surface area contributed by atoms with Crippen molar-refractivity contribution in [3.63, 3.8) is 0 Å². The van der Waals surface area contributed by atoms with E-state index in [-0.39, 0.29) is 42.6 Å². The van der Waals surface area contributed by atoms with Crippen LogP contribution in [0.2, 0.25) is 18.1 Å². The Labute approximate surface area is 236 Å². The topological polar surface area (TPSA) is 129 Å². The fourth-order valence-electron chi connectivity index (χ4n) is 4.03. The highest BCUT2D eigenvalue weighted by molar-refractivity contribution is 6.74. The summed E-state index contributed by atoms with van der Waals surface area (Å²) < 4.78 is 22.6. The molecule has 2 atom stereocenters. The first-order chi connectivity index (χ1) is 18.8. The van der Waals surface area contributed by atoms with Crippen LogP contribution >= 0.6 is 0 Å². The summed E-state index contributed by atoms with van der Waals surface area (Å²) in [5, 5.41) is 13.5. The van der Waals surface area contributed by atoms with E-state index in [2.05, 4.69) is 39.2 Å². The number of methoxy groups -OCH3 is 1. The summed E-state index contributed by atoms with van der Waals surface area (Å²) in [7, 11) is -0.507. The smallest absolute Gasteiger partial charge is 0.410 e. The van der Waals surface area contributed by atoms with Gasteiger partial charge in [-0.2, -0.15) is 0 Å². The molecule has 1 aliphatic heterocycles. The van der Waals surface area contributed by atoms with E-state index in [1.54, 1.807) is 24.1 Å². The van der Waals surface area contributed by atoms with Crippen molar-refractivity contribution in [2.75, 3.05) is 20.2 Å². The van der Waals surface area contributed by atoms with Crippen LogP contribution in [0.1, 0.15) is 38.3 Å². The second-order valence-corrected chi connectivity index (χ2v) is 16.1. The lowest BCUT2D eigenvalue weighted by Crippen LogP contribution is -2.45. The molecular weight excluding hydrogens is 534 g/mol. The van der Waals surface area contributed by atoms with E-state index in [1.165, 1.54) is 24.3 Å². The van der Waals surface area contributed by atoms with Crippen molar-refractivity contribution in [1.29, 1.82) is 0 Å². The molecule has 3 rings (SSSR count). The van der Waals surface area contributed by atoms with Gasteiger partial charge in [-0.3, -0.25) is 10.1 Å². The minimum Gasteiger partial charge on any atom is -0.497 e. The maximum absolute atomic E-state index is 13.1. The largest absolute Gasteiger partial charge is 0.497 e. The number of carbonyl (C=O) groups is 2. The van der Waals surface area contributed by atoms with Gasteiger partial charge in [0.15, 0.2) is 8.32 Å². The van der Waals surface area contributed by atoms with Crippen LogP contribution in [-0.4, -0.2) is 62.7 Å². The van der Waals surface area contributed by atoms with Crippen LogP contribution in [0.5, 0.6) is 5.75 Å². The third-order valence-electron chi connectivity index (χ3n) is 7.40. The van der Waals surface area contributed by atoms with Crippen LogP contribution in [0, 0.1) is 10.1 Å². The number of nitro groups is 1. The summed E-state index contributed by atoms with van der Waals surface area (Å²) in [5.74, 6) is 0.715.